The largest absolute Gasteiger partial charge is 0.382 e. The number of aromatic nitrogens is 1. The lowest BCUT2D eigenvalue weighted by atomic mass is 10.00. The topological polar surface area (TPSA) is 80.5 Å². The Bertz CT molecular complexity index is 483. The van der Waals surface area contributed by atoms with Crippen molar-refractivity contribution in [1.82, 2.24) is 9.88 Å². The molecule has 0 unspecified atom stereocenters. The lowest BCUT2D eigenvalue weighted by molar-refractivity contribution is 0.0499. The number of hydrogen-bond acceptors (Lipinski definition) is 6. The van der Waals surface area contributed by atoms with Crippen LogP contribution in [0.2, 0.25) is 0 Å². The van der Waals surface area contributed by atoms with Gasteiger partial charge >= 0.3 is 0 Å². The Hall–Kier alpha value is -1.34. The van der Waals surface area contributed by atoms with Crippen LogP contribution in [-0.2, 0) is 4.74 Å². The summed E-state index contributed by atoms with van der Waals surface area (Å²) in [6, 6.07) is 0.262. The number of hydrogen-bond donors (Lipinski definition) is 2. The monoisotopic (exact) mass is 312 g/mol. The lowest BCUT2D eigenvalue weighted by Crippen LogP contribution is -2.34. The summed E-state index contributed by atoms with van der Waals surface area (Å²) in [6.45, 7) is 6.37. The van der Waals surface area contributed by atoms with Crippen LogP contribution in [0.5, 0.6) is 0 Å². The fourth-order valence-electron chi connectivity index (χ4n) is 2.37. The zero-order valence-electron chi connectivity index (χ0n) is 12.9. The van der Waals surface area contributed by atoms with Crippen molar-refractivity contribution in [3.05, 3.63) is 4.88 Å². The van der Waals surface area contributed by atoms with Gasteiger partial charge in [0.15, 0.2) is 5.13 Å². The first kappa shape index (κ1) is 16.0. The van der Waals surface area contributed by atoms with Gasteiger partial charge in [-0.15, -0.1) is 0 Å². The average molecular weight is 312 g/mol. The van der Waals surface area contributed by atoms with Gasteiger partial charge < -0.3 is 20.7 Å². The SMILES string of the molecule is CC(C)Nc1nc(N)c(C(=O)N(C)CC2CCOCC2)s1. The number of anilines is 2. The molecule has 118 valence electrons. The summed E-state index contributed by atoms with van der Waals surface area (Å²) < 4.78 is 5.35. The summed E-state index contributed by atoms with van der Waals surface area (Å²) in [7, 11) is 1.83. The van der Waals surface area contributed by atoms with Crippen LogP contribution in [-0.4, -0.2) is 48.6 Å². The molecule has 0 bridgehead atoms. The van der Waals surface area contributed by atoms with Crippen molar-refractivity contribution in [2.45, 2.75) is 32.7 Å². The molecule has 0 aliphatic carbocycles. The number of nitrogens with zero attached hydrogens (tertiary/aromatic N) is 2. The molecule has 1 saturated heterocycles. The molecule has 1 aliphatic rings. The molecule has 7 heteroatoms. The van der Waals surface area contributed by atoms with Crippen molar-refractivity contribution in [2.75, 3.05) is 37.9 Å². The van der Waals surface area contributed by atoms with Gasteiger partial charge in [0.25, 0.3) is 5.91 Å². The van der Waals surface area contributed by atoms with Crippen LogP contribution >= 0.6 is 11.3 Å². The Morgan fingerprint density at radius 2 is 2.19 bits per heavy atom. The molecule has 2 heterocycles. The van der Waals surface area contributed by atoms with E-state index in [-0.39, 0.29) is 11.9 Å². The number of nitrogen functional groups attached to an aromatic ring is 1. The third kappa shape index (κ3) is 4.31. The number of amides is 1. The van der Waals surface area contributed by atoms with Crippen molar-refractivity contribution < 1.29 is 9.53 Å². The molecular formula is C14H24N4O2S. The summed E-state index contributed by atoms with van der Waals surface area (Å²) in [5.41, 5.74) is 5.88. The molecule has 1 aromatic rings. The third-order valence-electron chi connectivity index (χ3n) is 3.48. The van der Waals surface area contributed by atoms with Crippen LogP contribution in [0.4, 0.5) is 10.9 Å². The van der Waals surface area contributed by atoms with E-state index < -0.39 is 0 Å². The number of rotatable bonds is 5. The van der Waals surface area contributed by atoms with Crippen molar-refractivity contribution >= 4 is 28.2 Å². The maximum Gasteiger partial charge on any atom is 0.267 e. The molecule has 1 aliphatic heterocycles. The summed E-state index contributed by atoms with van der Waals surface area (Å²) in [5.74, 6) is 0.774. The van der Waals surface area contributed by atoms with Gasteiger partial charge in [0.1, 0.15) is 10.7 Å². The van der Waals surface area contributed by atoms with Crippen LogP contribution in [0.1, 0.15) is 36.4 Å². The fourth-order valence-corrected chi connectivity index (χ4v) is 3.39. The maximum atomic E-state index is 12.5. The van der Waals surface area contributed by atoms with Crippen LogP contribution < -0.4 is 11.1 Å². The average Bonchev–Trinajstić information content (AvgIpc) is 2.78. The molecule has 1 amide bonds. The van der Waals surface area contributed by atoms with E-state index in [2.05, 4.69) is 10.3 Å². The summed E-state index contributed by atoms with van der Waals surface area (Å²) in [4.78, 5) is 19.0. The van der Waals surface area contributed by atoms with Gasteiger partial charge in [-0.2, -0.15) is 0 Å². The zero-order valence-corrected chi connectivity index (χ0v) is 13.7. The third-order valence-corrected chi connectivity index (χ3v) is 4.47. The van der Waals surface area contributed by atoms with E-state index in [0.717, 1.165) is 32.6 Å². The van der Waals surface area contributed by atoms with Gasteiger partial charge in [-0.05, 0) is 32.6 Å². The standard InChI is InChI=1S/C14H24N4O2S/c1-9(2)16-14-17-12(15)11(21-14)13(19)18(3)8-10-4-6-20-7-5-10/h9-10H,4-8,15H2,1-3H3,(H,16,17). The number of carbonyl (C=O) groups excluding carboxylic acids is 1. The van der Waals surface area contributed by atoms with E-state index in [1.165, 1.54) is 11.3 Å². The van der Waals surface area contributed by atoms with Crippen molar-refractivity contribution in [3.63, 3.8) is 0 Å². The van der Waals surface area contributed by atoms with Gasteiger partial charge in [0.05, 0.1) is 0 Å². The molecule has 0 saturated carbocycles. The predicted molar refractivity (Wildman–Crippen MR) is 85.8 cm³/mol. The second-order valence-electron chi connectivity index (χ2n) is 5.77. The highest BCUT2D eigenvalue weighted by Gasteiger charge is 2.23. The Morgan fingerprint density at radius 1 is 1.52 bits per heavy atom. The predicted octanol–water partition coefficient (Wildman–Crippen LogP) is 2.04. The second-order valence-corrected chi connectivity index (χ2v) is 6.77. The fraction of sp³-hybridized carbons (Fsp3) is 0.714. The second kappa shape index (κ2) is 7.09. The Balaban J connectivity index is 1.99. The van der Waals surface area contributed by atoms with E-state index >= 15 is 0 Å². The lowest BCUT2D eigenvalue weighted by Gasteiger charge is -2.26. The maximum absolute atomic E-state index is 12.5. The van der Waals surface area contributed by atoms with E-state index in [4.69, 9.17) is 10.5 Å². The molecule has 6 nitrogen and oxygen atoms in total. The summed E-state index contributed by atoms with van der Waals surface area (Å²) >= 11 is 1.32. The molecular weight excluding hydrogens is 288 g/mol. The van der Waals surface area contributed by atoms with Crippen LogP contribution in [0, 0.1) is 5.92 Å². The van der Waals surface area contributed by atoms with Crippen molar-refractivity contribution in [3.8, 4) is 0 Å². The molecule has 2 rings (SSSR count). The number of ether oxygens (including phenoxy) is 1. The van der Waals surface area contributed by atoms with Crippen LogP contribution in [0.25, 0.3) is 0 Å². The summed E-state index contributed by atoms with van der Waals surface area (Å²) in [5, 5.41) is 3.88. The number of thiazole rings is 1. The van der Waals surface area contributed by atoms with Crippen molar-refractivity contribution in [2.24, 2.45) is 5.92 Å². The zero-order chi connectivity index (χ0) is 15.4. The highest BCUT2D eigenvalue weighted by atomic mass is 32.1. The Kier molecular flexibility index (Phi) is 5.41. The van der Waals surface area contributed by atoms with Gasteiger partial charge in [-0.25, -0.2) is 4.98 Å². The minimum atomic E-state index is -0.0479. The number of nitrogens with one attached hydrogen (secondary N) is 1. The molecule has 0 aromatic carbocycles. The van der Waals surface area contributed by atoms with E-state index in [0.29, 0.717) is 21.7 Å². The molecule has 1 fully saturated rings. The smallest absolute Gasteiger partial charge is 0.267 e. The minimum absolute atomic E-state index is 0.0479. The van der Waals surface area contributed by atoms with Gasteiger partial charge in [0, 0.05) is 32.8 Å². The van der Waals surface area contributed by atoms with Gasteiger partial charge in [-0.1, -0.05) is 11.3 Å². The van der Waals surface area contributed by atoms with E-state index in [1.807, 2.05) is 20.9 Å². The molecule has 0 spiro atoms. The first-order valence-electron chi connectivity index (χ1n) is 7.33. The highest BCUT2D eigenvalue weighted by molar-refractivity contribution is 7.18. The normalized spacial score (nSPS) is 16.2. The van der Waals surface area contributed by atoms with Crippen LogP contribution in [0.15, 0.2) is 0 Å². The van der Waals surface area contributed by atoms with Gasteiger partial charge in [-0.3, -0.25) is 4.79 Å². The first-order chi connectivity index (χ1) is 9.97. The highest BCUT2D eigenvalue weighted by Crippen LogP contribution is 2.27. The Labute approximate surface area is 129 Å². The first-order valence-corrected chi connectivity index (χ1v) is 8.15. The number of carbonyl (C=O) groups is 1. The van der Waals surface area contributed by atoms with Crippen LogP contribution in [0.3, 0.4) is 0 Å². The summed E-state index contributed by atoms with van der Waals surface area (Å²) in [6.07, 6.45) is 2.02. The molecule has 0 atom stereocenters. The molecule has 21 heavy (non-hydrogen) atoms. The van der Waals surface area contributed by atoms with Crippen molar-refractivity contribution in [1.29, 1.82) is 0 Å². The molecule has 0 radical (unpaired) electrons. The van der Waals surface area contributed by atoms with Gasteiger partial charge in [0.2, 0.25) is 0 Å². The molecule has 1 aromatic heterocycles. The number of nitrogens with two attached hydrogens (primary N) is 1. The Morgan fingerprint density at radius 3 is 2.81 bits per heavy atom. The minimum Gasteiger partial charge on any atom is -0.382 e. The quantitative estimate of drug-likeness (QED) is 0.869. The molecule has 3 N–H and O–H groups in total. The van der Waals surface area contributed by atoms with E-state index in [1.54, 1.807) is 4.90 Å². The van der Waals surface area contributed by atoms with E-state index in [9.17, 15) is 4.79 Å².